The van der Waals surface area contributed by atoms with Crippen molar-refractivity contribution in [2.45, 2.75) is 374 Å². The lowest BCUT2D eigenvalue weighted by atomic mass is 10.0. The van der Waals surface area contributed by atoms with Crippen LogP contribution >= 0.6 is 15.6 Å². The fourth-order valence-corrected chi connectivity index (χ4v) is 12.0. The van der Waals surface area contributed by atoms with Crippen LogP contribution in [0.3, 0.4) is 0 Å². The zero-order valence-electron chi connectivity index (χ0n) is 56.9. The summed E-state index contributed by atoms with van der Waals surface area (Å²) in [5, 5.41) is 10.6. The Bertz CT molecular complexity index is 1700. The fourth-order valence-electron chi connectivity index (χ4n) is 10.5. The summed E-state index contributed by atoms with van der Waals surface area (Å²) in [7, 11) is -9.89. The summed E-state index contributed by atoms with van der Waals surface area (Å²) < 4.78 is 68.2. The maximum atomic E-state index is 13.0. The van der Waals surface area contributed by atoms with Gasteiger partial charge in [0.15, 0.2) is 12.2 Å². The summed E-state index contributed by atoms with van der Waals surface area (Å²) in [5.74, 6) is -1.37. The van der Waals surface area contributed by atoms with E-state index in [0.717, 1.165) is 102 Å². The standard InChI is InChI=1S/C69H134O17P2/c1-6-9-12-15-18-21-23-25-26-27-29-35-40-45-50-55-69(74)86-65(59-80-67(72)53-48-43-38-33-31-30-32-36-41-46-51-62(4)5)61-84-88(77,78)82-57-63(70)56-81-87(75,76)83-60-64(58-79-66(71)52-47-42-37-20-17-14-11-8-3)85-68(73)54-49-44-39-34-28-24-22-19-16-13-10-7-2/h62-65,70H,6-61H2,1-5H3,(H,75,76)(H,77,78)/t63-,64+,65+/m0/s1. The zero-order valence-corrected chi connectivity index (χ0v) is 58.6. The molecule has 0 aromatic heterocycles. The molecule has 522 valence electrons. The second-order valence-electron chi connectivity index (χ2n) is 25.4. The number of unbranched alkanes of at least 4 members (excludes halogenated alkanes) is 41. The number of hydrogen-bond acceptors (Lipinski definition) is 15. The van der Waals surface area contributed by atoms with Crippen molar-refractivity contribution in [3.8, 4) is 0 Å². The van der Waals surface area contributed by atoms with E-state index in [1.165, 1.54) is 173 Å². The first kappa shape index (κ1) is 86.1. The minimum absolute atomic E-state index is 0.107. The molecule has 0 spiro atoms. The molecule has 3 N–H and O–H groups in total. The second kappa shape index (κ2) is 62.5. The SMILES string of the molecule is CCCCCCCCCCCCCCCCCC(=O)O[C@H](COC(=O)CCCCCCCCCCCCC(C)C)COP(=O)(O)OC[C@@H](O)COP(=O)(O)OC[C@@H](COC(=O)CCCCCCCCCC)OC(=O)CCCCCCCCCCCCCC. The van der Waals surface area contributed by atoms with Crippen LogP contribution in [0.1, 0.15) is 356 Å². The van der Waals surface area contributed by atoms with Gasteiger partial charge in [-0.2, -0.15) is 0 Å². The molecule has 0 aliphatic rings. The van der Waals surface area contributed by atoms with Crippen LogP contribution in [-0.4, -0.2) is 96.7 Å². The summed E-state index contributed by atoms with van der Waals surface area (Å²) in [6.07, 6.45) is 48.5. The first-order valence-corrected chi connectivity index (χ1v) is 39.1. The average Bonchev–Trinajstić information content (AvgIpc) is 3.51. The highest BCUT2D eigenvalue weighted by molar-refractivity contribution is 7.47. The molecule has 88 heavy (non-hydrogen) atoms. The molecule has 0 heterocycles. The van der Waals surface area contributed by atoms with E-state index in [9.17, 15) is 43.2 Å². The second-order valence-corrected chi connectivity index (χ2v) is 28.3. The number of phosphoric acid groups is 2. The van der Waals surface area contributed by atoms with Crippen molar-refractivity contribution < 1.29 is 80.2 Å². The summed E-state index contributed by atoms with van der Waals surface area (Å²) in [6.45, 7) is 7.21. The summed E-state index contributed by atoms with van der Waals surface area (Å²) >= 11 is 0. The van der Waals surface area contributed by atoms with Crippen LogP contribution in [0.5, 0.6) is 0 Å². The predicted molar refractivity (Wildman–Crippen MR) is 354 cm³/mol. The van der Waals surface area contributed by atoms with E-state index in [-0.39, 0.29) is 25.7 Å². The zero-order chi connectivity index (χ0) is 64.9. The van der Waals surface area contributed by atoms with Gasteiger partial charge in [0.25, 0.3) is 0 Å². The number of hydrogen-bond donors (Lipinski definition) is 3. The van der Waals surface area contributed by atoms with Crippen LogP contribution in [0.4, 0.5) is 0 Å². The first-order valence-electron chi connectivity index (χ1n) is 36.1. The van der Waals surface area contributed by atoms with Gasteiger partial charge in [0, 0.05) is 25.7 Å². The predicted octanol–water partition coefficient (Wildman–Crippen LogP) is 19.7. The third-order valence-corrected chi connectivity index (χ3v) is 17.9. The van der Waals surface area contributed by atoms with Crippen molar-refractivity contribution in [3.05, 3.63) is 0 Å². The van der Waals surface area contributed by atoms with E-state index in [4.69, 9.17) is 37.0 Å². The lowest BCUT2D eigenvalue weighted by Gasteiger charge is -2.21. The normalized spacial score (nSPS) is 14.1. The van der Waals surface area contributed by atoms with E-state index in [1.54, 1.807) is 0 Å². The topological polar surface area (TPSA) is 237 Å². The van der Waals surface area contributed by atoms with Crippen molar-refractivity contribution >= 4 is 39.5 Å². The molecule has 19 heteroatoms. The average molecular weight is 1300 g/mol. The molecule has 0 aromatic rings. The highest BCUT2D eigenvalue weighted by Crippen LogP contribution is 2.45. The number of phosphoric ester groups is 2. The van der Waals surface area contributed by atoms with Crippen molar-refractivity contribution in [1.29, 1.82) is 0 Å². The molecule has 0 radical (unpaired) electrons. The third kappa shape index (κ3) is 62.8. The highest BCUT2D eigenvalue weighted by atomic mass is 31.2. The van der Waals surface area contributed by atoms with Gasteiger partial charge in [-0.1, -0.05) is 304 Å². The molecule has 0 aromatic carbocycles. The number of carbonyl (C=O) groups is 4. The van der Waals surface area contributed by atoms with Crippen LogP contribution < -0.4 is 0 Å². The quantitative estimate of drug-likeness (QED) is 0.0222. The van der Waals surface area contributed by atoms with Crippen LogP contribution in [0.15, 0.2) is 0 Å². The van der Waals surface area contributed by atoms with Gasteiger partial charge in [-0.05, 0) is 31.6 Å². The van der Waals surface area contributed by atoms with Gasteiger partial charge >= 0.3 is 39.5 Å². The highest BCUT2D eigenvalue weighted by Gasteiger charge is 2.30. The maximum Gasteiger partial charge on any atom is 0.472 e. The molecule has 0 aliphatic heterocycles. The number of rotatable bonds is 69. The molecule has 0 rings (SSSR count). The number of ether oxygens (including phenoxy) is 4. The molecule has 0 amide bonds. The minimum Gasteiger partial charge on any atom is -0.462 e. The van der Waals surface area contributed by atoms with E-state index >= 15 is 0 Å². The molecule has 0 aliphatic carbocycles. The molecular formula is C69H134O17P2. The van der Waals surface area contributed by atoms with Gasteiger partial charge in [-0.25, -0.2) is 9.13 Å². The fraction of sp³-hybridized carbons (Fsp3) is 0.942. The Labute approximate surface area is 537 Å². The number of carbonyl (C=O) groups excluding carboxylic acids is 4. The molecule has 17 nitrogen and oxygen atoms in total. The Hall–Kier alpha value is -1.94. The van der Waals surface area contributed by atoms with Gasteiger partial charge in [-0.15, -0.1) is 0 Å². The smallest absolute Gasteiger partial charge is 0.462 e. The molecule has 0 saturated carbocycles. The van der Waals surface area contributed by atoms with Crippen molar-refractivity contribution in [1.82, 2.24) is 0 Å². The number of aliphatic hydroxyl groups is 1. The van der Waals surface area contributed by atoms with Gasteiger partial charge in [0.1, 0.15) is 19.3 Å². The van der Waals surface area contributed by atoms with Gasteiger partial charge in [0.2, 0.25) is 0 Å². The Balaban J connectivity index is 5.23. The maximum absolute atomic E-state index is 13.0. The Morgan fingerprint density at radius 3 is 0.773 bits per heavy atom. The van der Waals surface area contributed by atoms with Crippen molar-refractivity contribution in [2.24, 2.45) is 5.92 Å². The molecule has 0 bridgehead atoms. The molecule has 0 saturated heterocycles. The summed E-state index contributed by atoms with van der Waals surface area (Å²) in [5.41, 5.74) is 0. The van der Waals surface area contributed by atoms with Crippen molar-refractivity contribution in [3.63, 3.8) is 0 Å². The Kier molecular flexibility index (Phi) is 61.1. The first-order chi connectivity index (χ1) is 42.5. The molecular weight excluding hydrogens is 1160 g/mol. The largest absolute Gasteiger partial charge is 0.472 e. The van der Waals surface area contributed by atoms with Crippen LogP contribution in [0.25, 0.3) is 0 Å². The van der Waals surface area contributed by atoms with Gasteiger partial charge in [-0.3, -0.25) is 37.3 Å². The minimum atomic E-state index is -4.95. The van der Waals surface area contributed by atoms with Crippen LogP contribution in [-0.2, 0) is 65.4 Å². The van der Waals surface area contributed by atoms with Crippen molar-refractivity contribution in [2.75, 3.05) is 39.6 Å². The molecule has 0 fully saturated rings. The lowest BCUT2D eigenvalue weighted by molar-refractivity contribution is -0.161. The van der Waals surface area contributed by atoms with E-state index in [0.29, 0.717) is 25.7 Å². The third-order valence-electron chi connectivity index (χ3n) is 16.0. The van der Waals surface area contributed by atoms with Crippen LogP contribution in [0.2, 0.25) is 0 Å². The molecule has 5 atom stereocenters. The van der Waals surface area contributed by atoms with E-state index in [1.807, 2.05) is 0 Å². The Morgan fingerprint density at radius 2 is 0.523 bits per heavy atom. The Morgan fingerprint density at radius 1 is 0.307 bits per heavy atom. The van der Waals surface area contributed by atoms with E-state index in [2.05, 4.69) is 34.6 Å². The number of aliphatic hydroxyl groups excluding tert-OH is 1. The monoisotopic (exact) mass is 1300 g/mol. The van der Waals surface area contributed by atoms with E-state index < -0.39 is 97.5 Å². The lowest BCUT2D eigenvalue weighted by Crippen LogP contribution is -2.30. The number of esters is 4. The van der Waals surface area contributed by atoms with Gasteiger partial charge in [0.05, 0.1) is 26.4 Å². The van der Waals surface area contributed by atoms with Gasteiger partial charge < -0.3 is 33.8 Å². The summed E-state index contributed by atoms with van der Waals surface area (Å²) in [6, 6.07) is 0. The molecule has 2 unspecified atom stereocenters. The summed E-state index contributed by atoms with van der Waals surface area (Å²) in [4.78, 5) is 72.4. The van der Waals surface area contributed by atoms with Crippen LogP contribution in [0, 0.1) is 5.92 Å².